The molecule has 0 aromatic heterocycles. The van der Waals surface area contributed by atoms with Crippen molar-refractivity contribution in [1.82, 2.24) is 0 Å². The molecule has 2 N–H and O–H groups in total. The Balaban J connectivity index is 1.78. The number of benzene rings is 2. The summed E-state index contributed by atoms with van der Waals surface area (Å²) in [6.45, 7) is 5.25. The SMILES string of the molecule is CCCCS(=O)Nc1ccc(C)c(C(=O)Nc2cc(C#N)cc(C3CCOC3)c2)c1. The van der Waals surface area contributed by atoms with E-state index < -0.39 is 11.0 Å². The average molecular weight is 426 g/mol. The van der Waals surface area contributed by atoms with Crippen LogP contribution in [0.25, 0.3) is 0 Å². The van der Waals surface area contributed by atoms with Crippen molar-refractivity contribution in [3.8, 4) is 6.07 Å². The molecule has 2 unspecified atom stereocenters. The highest BCUT2D eigenvalue weighted by atomic mass is 32.2. The minimum absolute atomic E-state index is 0.237. The van der Waals surface area contributed by atoms with Crippen molar-refractivity contribution in [1.29, 1.82) is 5.26 Å². The van der Waals surface area contributed by atoms with E-state index in [0.717, 1.165) is 30.4 Å². The number of aryl methyl sites for hydroxylation is 1. The van der Waals surface area contributed by atoms with Crippen molar-refractivity contribution in [2.24, 2.45) is 0 Å². The second-order valence-corrected chi connectivity index (χ2v) is 8.81. The molecule has 3 rings (SSSR count). The first-order valence-electron chi connectivity index (χ1n) is 10.2. The van der Waals surface area contributed by atoms with Gasteiger partial charge in [0.1, 0.15) is 11.0 Å². The van der Waals surface area contributed by atoms with Crippen LogP contribution in [-0.2, 0) is 15.7 Å². The van der Waals surface area contributed by atoms with Gasteiger partial charge >= 0.3 is 0 Å². The van der Waals surface area contributed by atoms with Gasteiger partial charge in [0.25, 0.3) is 5.91 Å². The first kappa shape index (κ1) is 22.0. The summed E-state index contributed by atoms with van der Waals surface area (Å²) >= 11 is 0. The molecule has 0 aliphatic carbocycles. The molecule has 30 heavy (non-hydrogen) atoms. The summed E-state index contributed by atoms with van der Waals surface area (Å²) in [5.74, 6) is 0.543. The number of rotatable bonds is 8. The van der Waals surface area contributed by atoms with Crippen LogP contribution < -0.4 is 10.0 Å². The standard InChI is InChI=1S/C23H27N3O3S/c1-3-4-9-30(28)26-20-6-5-16(2)22(13-20)23(27)25-21-11-17(14-24)10-19(12-21)18-7-8-29-15-18/h5-6,10-13,18,26H,3-4,7-9,15H2,1-2H3,(H,25,27). The third kappa shape index (κ3) is 5.68. The Morgan fingerprint density at radius 3 is 2.80 bits per heavy atom. The molecule has 1 amide bonds. The van der Waals surface area contributed by atoms with Gasteiger partial charge in [0, 0.05) is 35.2 Å². The molecule has 7 heteroatoms. The molecule has 1 heterocycles. The molecule has 1 fully saturated rings. The summed E-state index contributed by atoms with van der Waals surface area (Å²) in [4.78, 5) is 13.0. The predicted octanol–water partition coefficient (Wildman–Crippen LogP) is 4.50. The number of hydrogen-bond donors (Lipinski definition) is 2. The van der Waals surface area contributed by atoms with Crippen LogP contribution in [0.5, 0.6) is 0 Å². The monoisotopic (exact) mass is 425 g/mol. The van der Waals surface area contributed by atoms with Crippen LogP contribution in [0.4, 0.5) is 11.4 Å². The van der Waals surface area contributed by atoms with Crippen LogP contribution in [0.1, 0.15) is 59.2 Å². The molecule has 0 spiro atoms. The van der Waals surface area contributed by atoms with E-state index in [1.54, 1.807) is 12.1 Å². The number of nitriles is 1. The Labute approximate surface area is 180 Å². The molecule has 2 aromatic carbocycles. The van der Waals surface area contributed by atoms with E-state index in [1.807, 2.05) is 31.2 Å². The zero-order valence-corrected chi connectivity index (χ0v) is 18.2. The van der Waals surface area contributed by atoms with Gasteiger partial charge in [0.05, 0.1) is 18.2 Å². The van der Waals surface area contributed by atoms with E-state index in [-0.39, 0.29) is 11.8 Å². The maximum Gasteiger partial charge on any atom is 0.256 e. The highest BCUT2D eigenvalue weighted by Crippen LogP contribution is 2.29. The summed E-state index contributed by atoms with van der Waals surface area (Å²) < 4.78 is 20.5. The number of anilines is 2. The van der Waals surface area contributed by atoms with E-state index in [9.17, 15) is 14.3 Å². The second-order valence-electron chi connectivity index (χ2n) is 7.51. The Hall–Kier alpha value is -2.69. The van der Waals surface area contributed by atoms with Crippen molar-refractivity contribution in [2.45, 2.75) is 39.0 Å². The lowest BCUT2D eigenvalue weighted by molar-refractivity contribution is 0.102. The van der Waals surface area contributed by atoms with Gasteiger partial charge in [-0.25, -0.2) is 4.21 Å². The number of carbonyl (C=O) groups is 1. The van der Waals surface area contributed by atoms with Crippen LogP contribution in [0, 0.1) is 18.3 Å². The van der Waals surface area contributed by atoms with Crippen molar-refractivity contribution in [3.05, 3.63) is 58.7 Å². The highest BCUT2D eigenvalue weighted by molar-refractivity contribution is 7.86. The first-order valence-corrected chi connectivity index (χ1v) is 11.5. The van der Waals surface area contributed by atoms with Gasteiger partial charge in [-0.05, 0) is 61.2 Å². The van der Waals surface area contributed by atoms with Gasteiger partial charge in [-0.15, -0.1) is 0 Å². The molecule has 0 saturated carbocycles. The molecule has 1 aliphatic rings. The van der Waals surface area contributed by atoms with Crippen LogP contribution in [0.15, 0.2) is 36.4 Å². The summed E-state index contributed by atoms with van der Waals surface area (Å²) in [6.07, 6.45) is 2.76. The molecule has 158 valence electrons. The summed E-state index contributed by atoms with van der Waals surface area (Å²) in [5, 5.41) is 12.3. The molecule has 2 aromatic rings. The number of nitrogens with one attached hydrogen (secondary N) is 2. The minimum Gasteiger partial charge on any atom is -0.381 e. The molecule has 0 bridgehead atoms. The smallest absolute Gasteiger partial charge is 0.256 e. The summed E-state index contributed by atoms with van der Waals surface area (Å²) in [7, 11) is -1.18. The zero-order chi connectivity index (χ0) is 21.5. The molecule has 6 nitrogen and oxygen atoms in total. The number of hydrogen-bond acceptors (Lipinski definition) is 4. The Morgan fingerprint density at radius 1 is 1.27 bits per heavy atom. The quantitative estimate of drug-likeness (QED) is 0.651. The Morgan fingerprint density at radius 2 is 2.10 bits per heavy atom. The molecular weight excluding hydrogens is 398 g/mol. The number of carbonyl (C=O) groups excluding carboxylic acids is 1. The maximum absolute atomic E-state index is 13.0. The summed E-state index contributed by atoms with van der Waals surface area (Å²) in [6, 6.07) is 13.0. The zero-order valence-electron chi connectivity index (χ0n) is 17.4. The van der Waals surface area contributed by atoms with E-state index in [2.05, 4.69) is 23.0 Å². The van der Waals surface area contributed by atoms with Crippen LogP contribution in [0.3, 0.4) is 0 Å². The fourth-order valence-electron chi connectivity index (χ4n) is 3.41. The molecular formula is C23H27N3O3S. The Kier molecular flexibility index (Phi) is 7.61. The maximum atomic E-state index is 13.0. The van der Waals surface area contributed by atoms with Crippen LogP contribution in [-0.4, -0.2) is 29.1 Å². The lowest BCUT2D eigenvalue weighted by Gasteiger charge is -2.14. The van der Waals surface area contributed by atoms with Gasteiger partial charge < -0.3 is 14.8 Å². The normalized spacial score (nSPS) is 16.6. The van der Waals surface area contributed by atoms with Crippen molar-refractivity contribution >= 4 is 28.3 Å². The fraction of sp³-hybridized carbons (Fsp3) is 0.391. The molecule has 0 radical (unpaired) electrons. The highest BCUT2D eigenvalue weighted by Gasteiger charge is 2.20. The van der Waals surface area contributed by atoms with Crippen molar-refractivity contribution in [3.63, 3.8) is 0 Å². The topological polar surface area (TPSA) is 91.2 Å². The fourth-order valence-corrected chi connectivity index (χ4v) is 4.45. The van der Waals surface area contributed by atoms with E-state index in [4.69, 9.17) is 4.74 Å². The second kappa shape index (κ2) is 10.4. The van der Waals surface area contributed by atoms with Gasteiger partial charge in [-0.1, -0.05) is 19.4 Å². The molecule has 1 saturated heterocycles. The largest absolute Gasteiger partial charge is 0.381 e. The predicted molar refractivity (Wildman–Crippen MR) is 120 cm³/mol. The van der Waals surface area contributed by atoms with Gasteiger partial charge in [-0.3, -0.25) is 4.79 Å². The lowest BCUT2D eigenvalue weighted by Crippen LogP contribution is -2.15. The lowest BCUT2D eigenvalue weighted by atomic mass is 9.96. The van der Waals surface area contributed by atoms with Gasteiger partial charge in [0.2, 0.25) is 0 Å². The Bertz CT molecular complexity index is 978. The number of unbranched alkanes of at least 4 members (excludes halogenated alkanes) is 1. The summed E-state index contributed by atoms with van der Waals surface area (Å²) in [5.41, 5.74) is 4.06. The third-order valence-corrected chi connectivity index (χ3v) is 6.26. The van der Waals surface area contributed by atoms with Gasteiger partial charge in [0.15, 0.2) is 0 Å². The molecule has 2 atom stereocenters. The third-order valence-electron chi connectivity index (χ3n) is 5.14. The number of ether oxygens (including phenoxy) is 1. The molecule has 1 aliphatic heterocycles. The van der Waals surface area contributed by atoms with Crippen LogP contribution >= 0.6 is 0 Å². The minimum atomic E-state index is -1.18. The average Bonchev–Trinajstić information content (AvgIpc) is 3.28. The number of nitrogens with zero attached hydrogens (tertiary/aromatic N) is 1. The van der Waals surface area contributed by atoms with Gasteiger partial charge in [-0.2, -0.15) is 5.26 Å². The number of amides is 1. The first-order chi connectivity index (χ1) is 14.5. The van der Waals surface area contributed by atoms with E-state index in [1.165, 1.54) is 0 Å². The van der Waals surface area contributed by atoms with Crippen molar-refractivity contribution < 1.29 is 13.7 Å². The van der Waals surface area contributed by atoms with E-state index >= 15 is 0 Å². The van der Waals surface area contributed by atoms with E-state index in [0.29, 0.717) is 41.5 Å². The van der Waals surface area contributed by atoms with Crippen molar-refractivity contribution in [2.75, 3.05) is 29.0 Å². The van der Waals surface area contributed by atoms with Crippen LogP contribution in [0.2, 0.25) is 0 Å².